The van der Waals surface area contributed by atoms with E-state index in [1.807, 2.05) is 66.7 Å². The van der Waals surface area contributed by atoms with E-state index >= 15 is 0 Å². The maximum Gasteiger partial charge on any atom is 0.211 e. The van der Waals surface area contributed by atoms with Gasteiger partial charge in [-0.3, -0.25) is 9.79 Å². The van der Waals surface area contributed by atoms with E-state index in [0.29, 0.717) is 35.9 Å². The Hall–Kier alpha value is -3.60. The Labute approximate surface area is 175 Å². The van der Waals surface area contributed by atoms with E-state index in [0.717, 1.165) is 28.9 Å². The van der Waals surface area contributed by atoms with Crippen LogP contribution in [-0.4, -0.2) is 32.3 Å². The van der Waals surface area contributed by atoms with Crippen molar-refractivity contribution >= 4 is 11.5 Å². The Morgan fingerprint density at radius 2 is 1.70 bits per heavy atom. The van der Waals surface area contributed by atoms with Crippen molar-refractivity contribution < 1.29 is 19.0 Å². The lowest BCUT2D eigenvalue weighted by Crippen LogP contribution is -2.22. The molecule has 0 unspecified atom stereocenters. The number of ether oxygens (including phenoxy) is 3. The zero-order valence-corrected chi connectivity index (χ0v) is 17.1. The van der Waals surface area contributed by atoms with Crippen LogP contribution in [0, 0.1) is 0 Å². The van der Waals surface area contributed by atoms with Crippen molar-refractivity contribution in [3.05, 3.63) is 89.0 Å². The summed E-state index contributed by atoms with van der Waals surface area (Å²) in [5.41, 5.74) is 3.97. The van der Waals surface area contributed by atoms with Gasteiger partial charge in [0.1, 0.15) is 18.1 Å². The van der Waals surface area contributed by atoms with Crippen molar-refractivity contribution in [1.29, 1.82) is 0 Å². The van der Waals surface area contributed by atoms with Crippen molar-refractivity contribution in [2.24, 2.45) is 4.99 Å². The molecule has 5 nitrogen and oxygen atoms in total. The van der Waals surface area contributed by atoms with Crippen LogP contribution in [0.5, 0.6) is 17.2 Å². The highest BCUT2D eigenvalue weighted by Crippen LogP contribution is 2.34. The molecule has 0 radical (unpaired) electrons. The van der Waals surface area contributed by atoms with Gasteiger partial charge in [-0.25, -0.2) is 0 Å². The van der Waals surface area contributed by atoms with E-state index in [1.165, 1.54) is 0 Å². The van der Waals surface area contributed by atoms with Crippen LogP contribution in [0.15, 0.2) is 71.7 Å². The molecule has 5 heteroatoms. The number of Topliss-reactive ketones (excluding diaryl/α,β-unsaturated/α-hetero) is 1. The molecule has 0 aromatic heterocycles. The van der Waals surface area contributed by atoms with Gasteiger partial charge >= 0.3 is 0 Å². The Morgan fingerprint density at radius 1 is 0.933 bits per heavy atom. The van der Waals surface area contributed by atoms with Crippen LogP contribution >= 0.6 is 0 Å². The maximum absolute atomic E-state index is 13.0. The van der Waals surface area contributed by atoms with Crippen LogP contribution in [0.2, 0.25) is 0 Å². The molecule has 0 aliphatic carbocycles. The molecule has 0 spiro atoms. The number of nitrogens with zero attached hydrogens (tertiary/aromatic N) is 1. The SMILES string of the molecule is COc1ccc(COc2cc3c(cc2OC)C(C(=O)c2ccccc2)=NCC3)cc1. The van der Waals surface area contributed by atoms with E-state index in [-0.39, 0.29) is 5.78 Å². The second-order valence-electron chi connectivity index (χ2n) is 6.97. The lowest BCUT2D eigenvalue weighted by molar-refractivity contribution is 0.106. The molecule has 152 valence electrons. The molecule has 0 saturated heterocycles. The molecule has 1 heterocycles. The second-order valence-corrected chi connectivity index (χ2v) is 6.97. The first-order chi connectivity index (χ1) is 14.7. The summed E-state index contributed by atoms with van der Waals surface area (Å²) in [7, 11) is 3.24. The Bertz CT molecular complexity index is 1070. The first-order valence-corrected chi connectivity index (χ1v) is 9.81. The van der Waals surface area contributed by atoms with Gasteiger partial charge in [0.25, 0.3) is 0 Å². The molecule has 0 fully saturated rings. The van der Waals surface area contributed by atoms with Gasteiger partial charge in [-0.15, -0.1) is 0 Å². The molecule has 1 aliphatic rings. The van der Waals surface area contributed by atoms with E-state index < -0.39 is 0 Å². The maximum atomic E-state index is 13.0. The van der Waals surface area contributed by atoms with Crippen molar-refractivity contribution in [2.75, 3.05) is 20.8 Å². The number of ketones is 1. The van der Waals surface area contributed by atoms with E-state index in [1.54, 1.807) is 14.2 Å². The van der Waals surface area contributed by atoms with E-state index in [4.69, 9.17) is 14.2 Å². The molecule has 1 aliphatic heterocycles. The summed E-state index contributed by atoms with van der Waals surface area (Å²) in [6.07, 6.45) is 0.754. The fourth-order valence-corrected chi connectivity index (χ4v) is 3.48. The normalized spacial score (nSPS) is 12.5. The molecular formula is C25H23NO4. The topological polar surface area (TPSA) is 57.1 Å². The van der Waals surface area contributed by atoms with Gasteiger partial charge in [0.2, 0.25) is 5.78 Å². The third-order valence-electron chi connectivity index (χ3n) is 5.10. The predicted molar refractivity (Wildman–Crippen MR) is 116 cm³/mol. The quantitative estimate of drug-likeness (QED) is 0.547. The molecule has 30 heavy (non-hydrogen) atoms. The molecule has 0 saturated carbocycles. The molecule has 3 aromatic rings. The van der Waals surface area contributed by atoms with Crippen LogP contribution in [0.4, 0.5) is 0 Å². The fraction of sp³-hybridized carbons (Fsp3) is 0.200. The van der Waals surface area contributed by atoms with Crippen molar-refractivity contribution in [2.45, 2.75) is 13.0 Å². The standard InChI is InChI=1S/C25H23NO4/c1-28-20-10-8-17(9-11-20)16-30-23-14-19-12-13-26-24(21(19)15-22(23)29-2)25(27)18-6-4-3-5-7-18/h3-11,14-15H,12-13,16H2,1-2H3. The number of carbonyl (C=O) groups is 1. The number of fused-ring (bicyclic) bond motifs is 1. The lowest BCUT2D eigenvalue weighted by atomic mass is 9.92. The highest BCUT2D eigenvalue weighted by atomic mass is 16.5. The monoisotopic (exact) mass is 401 g/mol. The first kappa shape index (κ1) is 19.7. The van der Waals surface area contributed by atoms with Gasteiger partial charge in [0.05, 0.1) is 14.2 Å². The molecule has 4 rings (SSSR count). The minimum Gasteiger partial charge on any atom is -0.497 e. The first-order valence-electron chi connectivity index (χ1n) is 9.81. The van der Waals surface area contributed by atoms with Gasteiger partial charge < -0.3 is 14.2 Å². The molecular weight excluding hydrogens is 378 g/mol. The molecule has 0 bridgehead atoms. The van der Waals surface area contributed by atoms with Crippen LogP contribution in [-0.2, 0) is 13.0 Å². The third kappa shape index (κ3) is 4.06. The third-order valence-corrected chi connectivity index (χ3v) is 5.10. The lowest BCUT2D eigenvalue weighted by Gasteiger charge is -2.20. The van der Waals surface area contributed by atoms with Crippen molar-refractivity contribution in [1.82, 2.24) is 0 Å². The number of hydrogen-bond acceptors (Lipinski definition) is 5. The summed E-state index contributed by atoms with van der Waals surface area (Å²) >= 11 is 0. The summed E-state index contributed by atoms with van der Waals surface area (Å²) in [5.74, 6) is 1.96. The zero-order valence-electron chi connectivity index (χ0n) is 17.1. The Kier molecular flexibility index (Phi) is 5.80. The summed E-state index contributed by atoms with van der Waals surface area (Å²) in [6.45, 7) is 0.980. The van der Waals surface area contributed by atoms with E-state index in [9.17, 15) is 4.79 Å². The van der Waals surface area contributed by atoms with Gasteiger partial charge in [0, 0.05) is 17.7 Å². The van der Waals surface area contributed by atoms with Gasteiger partial charge in [-0.2, -0.15) is 0 Å². The minimum absolute atomic E-state index is 0.0782. The van der Waals surface area contributed by atoms with E-state index in [2.05, 4.69) is 4.99 Å². The summed E-state index contributed by atoms with van der Waals surface area (Å²) < 4.78 is 16.8. The van der Waals surface area contributed by atoms with Crippen molar-refractivity contribution in [3.63, 3.8) is 0 Å². The van der Waals surface area contributed by atoms with Crippen LogP contribution in [0.3, 0.4) is 0 Å². The number of methoxy groups -OCH3 is 2. The van der Waals surface area contributed by atoms with Crippen LogP contribution in [0.25, 0.3) is 0 Å². The zero-order chi connectivity index (χ0) is 20.9. The molecule has 0 amide bonds. The largest absolute Gasteiger partial charge is 0.497 e. The number of aliphatic imine (C=N–C) groups is 1. The average Bonchev–Trinajstić information content (AvgIpc) is 2.82. The van der Waals surface area contributed by atoms with Crippen LogP contribution < -0.4 is 14.2 Å². The highest BCUT2D eigenvalue weighted by Gasteiger charge is 2.24. The van der Waals surface area contributed by atoms with Crippen LogP contribution in [0.1, 0.15) is 27.0 Å². The van der Waals surface area contributed by atoms with Gasteiger partial charge in [0.15, 0.2) is 11.5 Å². The summed E-state index contributed by atoms with van der Waals surface area (Å²) in [4.78, 5) is 17.5. The molecule has 3 aromatic carbocycles. The number of hydrogen-bond donors (Lipinski definition) is 0. The predicted octanol–water partition coefficient (Wildman–Crippen LogP) is 4.51. The smallest absolute Gasteiger partial charge is 0.211 e. The molecule has 0 N–H and O–H groups in total. The highest BCUT2D eigenvalue weighted by molar-refractivity contribution is 6.51. The fourth-order valence-electron chi connectivity index (χ4n) is 3.48. The summed E-state index contributed by atoms with van der Waals surface area (Å²) in [5, 5.41) is 0. The van der Waals surface area contributed by atoms with Gasteiger partial charge in [-0.1, -0.05) is 42.5 Å². The van der Waals surface area contributed by atoms with Gasteiger partial charge in [-0.05, 0) is 41.8 Å². The number of carbonyl (C=O) groups excluding carboxylic acids is 1. The minimum atomic E-state index is -0.0782. The Morgan fingerprint density at radius 3 is 2.40 bits per heavy atom. The van der Waals surface area contributed by atoms with Crippen molar-refractivity contribution in [3.8, 4) is 17.2 Å². The number of rotatable bonds is 7. The molecule has 0 atom stereocenters. The average molecular weight is 401 g/mol. The summed E-state index contributed by atoms with van der Waals surface area (Å²) in [6, 6.07) is 20.8. The second kappa shape index (κ2) is 8.82. The number of benzene rings is 3. The Balaban J connectivity index is 1.59.